The molecule has 0 unspecified atom stereocenters. The number of aryl methyl sites for hydroxylation is 1. The molecule has 11 aromatic rings. The van der Waals surface area contributed by atoms with Crippen LogP contribution in [0.4, 0.5) is 17.1 Å². The van der Waals surface area contributed by atoms with Gasteiger partial charge in [0.15, 0.2) is 0 Å². The van der Waals surface area contributed by atoms with Gasteiger partial charge in [-0.05, 0) is 132 Å². The highest BCUT2D eigenvalue weighted by molar-refractivity contribution is 6.00. The fourth-order valence-corrected chi connectivity index (χ4v) is 10.9. The number of fused-ring (bicyclic) bond motifs is 4. The highest BCUT2D eigenvalue weighted by atomic mass is 15.1. The number of nitrogens with zero attached hydrogens (tertiary/aromatic N) is 1. The van der Waals surface area contributed by atoms with Crippen LogP contribution in [0.15, 0.2) is 267 Å². The molecule has 0 spiro atoms. The number of hydrogen-bond donors (Lipinski definition) is 0. The number of anilines is 3. The molecule has 1 nitrogen and oxygen atoms in total. The van der Waals surface area contributed by atoms with Crippen LogP contribution in [0.1, 0.15) is 27.8 Å². The van der Waals surface area contributed by atoms with Gasteiger partial charge in [-0.25, -0.2) is 0 Å². The monoisotopic (exact) mass is 853 g/mol. The van der Waals surface area contributed by atoms with Gasteiger partial charge >= 0.3 is 0 Å². The topological polar surface area (TPSA) is 3.24 Å². The van der Waals surface area contributed by atoms with Gasteiger partial charge in [-0.1, -0.05) is 231 Å². The molecule has 0 aromatic heterocycles. The molecule has 0 atom stereocenters. The number of rotatable bonds is 9. The molecule has 0 saturated heterocycles. The van der Waals surface area contributed by atoms with Gasteiger partial charge in [0.25, 0.3) is 0 Å². The fraction of sp³-hybridized carbons (Fsp3) is 0.0303. The number of benzene rings is 11. The molecule has 0 radical (unpaired) electrons. The van der Waals surface area contributed by atoms with Crippen molar-refractivity contribution >= 4 is 27.8 Å². The highest BCUT2D eigenvalue weighted by Crippen LogP contribution is 2.58. The second-order valence-electron chi connectivity index (χ2n) is 17.6. The van der Waals surface area contributed by atoms with Gasteiger partial charge in [0.05, 0.1) is 11.1 Å². The summed E-state index contributed by atoms with van der Waals surface area (Å²) < 4.78 is 0. The lowest BCUT2D eigenvalue weighted by Crippen LogP contribution is -2.28. The zero-order valence-electron chi connectivity index (χ0n) is 37.4. The quantitative estimate of drug-likeness (QED) is 0.140. The van der Waals surface area contributed by atoms with Crippen molar-refractivity contribution in [2.45, 2.75) is 12.3 Å². The third-order valence-electron chi connectivity index (χ3n) is 13.9. The molecule has 0 aliphatic heterocycles. The summed E-state index contributed by atoms with van der Waals surface area (Å²) in [6, 6.07) is 98.3. The molecule has 67 heavy (non-hydrogen) atoms. The molecule has 1 heteroatoms. The van der Waals surface area contributed by atoms with E-state index in [1.807, 2.05) is 0 Å². The minimum atomic E-state index is -0.544. The van der Waals surface area contributed by atoms with Crippen molar-refractivity contribution in [2.24, 2.45) is 0 Å². The lowest BCUT2D eigenvalue weighted by molar-refractivity contribution is 0.768. The Bertz CT molecular complexity index is 3460. The zero-order chi connectivity index (χ0) is 44.7. The predicted molar refractivity (Wildman–Crippen MR) is 282 cm³/mol. The van der Waals surface area contributed by atoms with E-state index in [2.05, 4.69) is 279 Å². The van der Waals surface area contributed by atoms with Crippen LogP contribution < -0.4 is 4.90 Å². The van der Waals surface area contributed by atoms with Crippen LogP contribution in [0.3, 0.4) is 0 Å². The standard InChI is InChI=1S/C66H47N/c1-46-21-14-17-32-56(46)61-43-50-26-15-16-27-51(50)44-64(61)67(54-39-37-49(38-40-54)65-57(47-22-6-2-7-23-47)34-20-35-58(65)48-24-8-3-9-25-48)55-41-42-60-59-33-18-19-36-62(59)66(63(60)45-55,52-28-10-4-11-29-52)53-30-12-5-13-31-53/h2-45H,1H3. The van der Waals surface area contributed by atoms with Gasteiger partial charge in [0.1, 0.15) is 0 Å². The molecule has 0 fully saturated rings. The first-order valence-electron chi connectivity index (χ1n) is 23.3. The van der Waals surface area contributed by atoms with Crippen LogP contribution in [0.25, 0.3) is 66.4 Å². The summed E-state index contributed by atoms with van der Waals surface area (Å²) in [6.45, 7) is 2.22. The molecular weight excluding hydrogens is 807 g/mol. The number of hydrogen-bond acceptors (Lipinski definition) is 1. The SMILES string of the molecule is Cc1ccccc1-c1cc2ccccc2cc1N(c1ccc(-c2c(-c3ccccc3)cccc2-c2ccccc2)cc1)c1ccc2c(c1)C(c1ccccc1)(c1ccccc1)c1ccccc1-2. The molecule has 316 valence electrons. The van der Waals surface area contributed by atoms with Gasteiger partial charge in [0.2, 0.25) is 0 Å². The Morgan fingerprint density at radius 1 is 0.299 bits per heavy atom. The summed E-state index contributed by atoms with van der Waals surface area (Å²) in [7, 11) is 0. The Balaban J connectivity index is 1.13. The lowest BCUT2D eigenvalue weighted by Gasteiger charge is -2.35. The summed E-state index contributed by atoms with van der Waals surface area (Å²) in [5.41, 5.74) is 21.2. The summed E-state index contributed by atoms with van der Waals surface area (Å²) in [5.74, 6) is 0. The lowest BCUT2D eigenvalue weighted by atomic mass is 9.67. The minimum Gasteiger partial charge on any atom is -0.310 e. The van der Waals surface area contributed by atoms with Crippen molar-refractivity contribution in [2.75, 3.05) is 4.90 Å². The van der Waals surface area contributed by atoms with Crippen LogP contribution in [0.2, 0.25) is 0 Å². The average molecular weight is 854 g/mol. The van der Waals surface area contributed by atoms with Gasteiger partial charge in [0, 0.05) is 16.9 Å². The smallest absolute Gasteiger partial charge is 0.0714 e. The Labute approximate surface area is 393 Å². The Kier molecular flexibility index (Phi) is 10.0. The molecule has 12 rings (SSSR count). The maximum atomic E-state index is 2.50. The van der Waals surface area contributed by atoms with E-state index in [4.69, 9.17) is 0 Å². The molecule has 0 amide bonds. The van der Waals surface area contributed by atoms with Gasteiger partial charge in [-0.3, -0.25) is 0 Å². The first-order valence-corrected chi connectivity index (χ1v) is 23.3. The van der Waals surface area contributed by atoms with Crippen molar-refractivity contribution in [3.05, 3.63) is 295 Å². The van der Waals surface area contributed by atoms with E-state index in [9.17, 15) is 0 Å². The van der Waals surface area contributed by atoms with Gasteiger partial charge in [-0.2, -0.15) is 0 Å². The molecule has 0 heterocycles. The summed E-state index contributed by atoms with van der Waals surface area (Å²) in [5, 5.41) is 2.40. The Morgan fingerprint density at radius 3 is 1.39 bits per heavy atom. The van der Waals surface area contributed by atoms with Gasteiger partial charge < -0.3 is 4.90 Å². The van der Waals surface area contributed by atoms with E-state index in [1.165, 1.54) is 88.7 Å². The van der Waals surface area contributed by atoms with E-state index in [0.29, 0.717) is 0 Å². The van der Waals surface area contributed by atoms with Crippen molar-refractivity contribution in [1.82, 2.24) is 0 Å². The maximum absolute atomic E-state index is 2.50. The maximum Gasteiger partial charge on any atom is 0.0714 e. The molecule has 0 bridgehead atoms. The van der Waals surface area contributed by atoms with E-state index in [-0.39, 0.29) is 0 Å². The third-order valence-corrected chi connectivity index (χ3v) is 13.9. The molecule has 0 saturated carbocycles. The largest absolute Gasteiger partial charge is 0.310 e. The fourth-order valence-electron chi connectivity index (χ4n) is 10.9. The molecule has 1 aliphatic rings. The summed E-state index contributed by atoms with van der Waals surface area (Å²) >= 11 is 0. The van der Waals surface area contributed by atoms with Crippen LogP contribution in [-0.4, -0.2) is 0 Å². The Morgan fingerprint density at radius 2 is 0.776 bits per heavy atom. The summed E-state index contributed by atoms with van der Waals surface area (Å²) in [4.78, 5) is 2.50. The van der Waals surface area contributed by atoms with E-state index >= 15 is 0 Å². The van der Waals surface area contributed by atoms with Crippen molar-refractivity contribution in [3.8, 4) is 55.6 Å². The second-order valence-corrected chi connectivity index (χ2v) is 17.6. The minimum absolute atomic E-state index is 0.544. The summed E-state index contributed by atoms with van der Waals surface area (Å²) in [6.07, 6.45) is 0. The van der Waals surface area contributed by atoms with E-state index < -0.39 is 5.41 Å². The first-order chi connectivity index (χ1) is 33.2. The Hall–Kier alpha value is -8.52. The molecular formula is C66H47N. The van der Waals surface area contributed by atoms with Crippen LogP contribution >= 0.6 is 0 Å². The van der Waals surface area contributed by atoms with Crippen LogP contribution in [0, 0.1) is 6.92 Å². The van der Waals surface area contributed by atoms with Crippen LogP contribution in [-0.2, 0) is 5.41 Å². The predicted octanol–water partition coefficient (Wildman–Crippen LogP) is 17.6. The van der Waals surface area contributed by atoms with Crippen molar-refractivity contribution in [1.29, 1.82) is 0 Å². The highest BCUT2D eigenvalue weighted by Gasteiger charge is 2.46. The molecule has 1 aliphatic carbocycles. The van der Waals surface area contributed by atoms with Crippen molar-refractivity contribution < 1.29 is 0 Å². The molecule has 11 aromatic carbocycles. The third kappa shape index (κ3) is 6.79. The van der Waals surface area contributed by atoms with Crippen LogP contribution in [0.5, 0.6) is 0 Å². The van der Waals surface area contributed by atoms with Crippen molar-refractivity contribution in [3.63, 3.8) is 0 Å². The second kappa shape index (κ2) is 16.8. The molecule has 0 N–H and O–H groups in total. The zero-order valence-corrected chi connectivity index (χ0v) is 37.4. The average Bonchev–Trinajstić information content (AvgIpc) is 3.70. The van der Waals surface area contributed by atoms with E-state index in [0.717, 1.165) is 22.6 Å². The van der Waals surface area contributed by atoms with Gasteiger partial charge in [-0.15, -0.1) is 0 Å². The normalized spacial score (nSPS) is 12.4. The first kappa shape index (κ1) is 40.0. The van der Waals surface area contributed by atoms with E-state index in [1.54, 1.807) is 0 Å².